The van der Waals surface area contributed by atoms with E-state index in [-0.39, 0.29) is 31.1 Å². The maximum absolute atomic E-state index is 13.2. The van der Waals surface area contributed by atoms with Crippen LogP contribution in [0.5, 0.6) is 0 Å². The first-order valence-electron chi connectivity index (χ1n) is 9.34. The van der Waals surface area contributed by atoms with E-state index in [1.807, 2.05) is 6.92 Å². The lowest BCUT2D eigenvalue weighted by atomic mass is 9.89. The second kappa shape index (κ2) is 8.21. The Morgan fingerprint density at radius 3 is 2.78 bits per heavy atom. The molecule has 7 nitrogen and oxygen atoms in total. The van der Waals surface area contributed by atoms with E-state index >= 15 is 0 Å². The maximum atomic E-state index is 13.2. The second-order valence-electron chi connectivity index (χ2n) is 6.80. The smallest absolute Gasteiger partial charge is 0.374 e. The Bertz CT molecular complexity index is 930. The highest BCUT2D eigenvalue weighted by atomic mass is 32.1. The molecule has 0 saturated heterocycles. The Balaban J connectivity index is 2.13. The highest BCUT2D eigenvalue weighted by Crippen LogP contribution is 2.35. The number of hydrogen-bond acceptors (Lipinski definition) is 7. The molecule has 2 aromatic rings. The first-order valence-corrected chi connectivity index (χ1v) is 10.2. The summed E-state index contributed by atoms with van der Waals surface area (Å²) in [6.45, 7) is 5.83. The second-order valence-corrected chi connectivity index (χ2v) is 7.88. The van der Waals surface area contributed by atoms with Crippen LogP contribution in [0.4, 0.5) is 0 Å². The summed E-state index contributed by atoms with van der Waals surface area (Å²) in [6.07, 6.45) is 3.41. The van der Waals surface area contributed by atoms with Crippen molar-refractivity contribution >= 4 is 33.5 Å². The van der Waals surface area contributed by atoms with Crippen molar-refractivity contribution in [1.29, 1.82) is 0 Å². The van der Waals surface area contributed by atoms with E-state index in [0.717, 1.165) is 34.3 Å². The Morgan fingerprint density at radius 2 is 2.07 bits per heavy atom. The molecule has 0 saturated carbocycles. The van der Waals surface area contributed by atoms with Gasteiger partial charge in [0.15, 0.2) is 0 Å². The van der Waals surface area contributed by atoms with E-state index in [1.54, 1.807) is 6.92 Å². The van der Waals surface area contributed by atoms with Crippen molar-refractivity contribution in [1.82, 2.24) is 9.55 Å². The van der Waals surface area contributed by atoms with Gasteiger partial charge < -0.3 is 9.47 Å². The summed E-state index contributed by atoms with van der Waals surface area (Å²) in [5.74, 6) is -0.862. The number of aryl methyl sites for hydroxylation is 1. The van der Waals surface area contributed by atoms with Gasteiger partial charge in [-0.05, 0) is 44.1 Å². The first-order chi connectivity index (χ1) is 13.0. The van der Waals surface area contributed by atoms with Gasteiger partial charge in [-0.2, -0.15) is 0 Å². The van der Waals surface area contributed by atoms with Crippen molar-refractivity contribution in [2.24, 2.45) is 5.92 Å². The van der Waals surface area contributed by atoms with Crippen LogP contribution < -0.4 is 5.56 Å². The molecule has 27 heavy (non-hydrogen) atoms. The molecular formula is C19H24N2O5S. The summed E-state index contributed by atoms with van der Waals surface area (Å²) in [5.41, 5.74) is 0.639. The van der Waals surface area contributed by atoms with Crippen molar-refractivity contribution in [3.8, 4) is 0 Å². The van der Waals surface area contributed by atoms with Gasteiger partial charge in [0.25, 0.3) is 5.56 Å². The third-order valence-electron chi connectivity index (χ3n) is 4.63. The molecule has 0 amide bonds. The third-order valence-corrected chi connectivity index (χ3v) is 5.78. The molecule has 1 atom stereocenters. The molecule has 0 radical (unpaired) electrons. The lowest BCUT2D eigenvalue weighted by Gasteiger charge is -2.17. The number of rotatable bonds is 6. The highest BCUT2D eigenvalue weighted by Gasteiger charge is 2.27. The van der Waals surface area contributed by atoms with Gasteiger partial charge in [-0.25, -0.2) is 9.78 Å². The largest absolute Gasteiger partial charge is 0.464 e. The minimum Gasteiger partial charge on any atom is -0.464 e. The van der Waals surface area contributed by atoms with Crippen molar-refractivity contribution in [2.45, 2.75) is 53.0 Å². The van der Waals surface area contributed by atoms with Crippen molar-refractivity contribution < 1.29 is 19.1 Å². The lowest BCUT2D eigenvalue weighted by molar-refractivity contribution is -0.144. The molecule has 1 aliphatic rings. The van der Waals surface area contributed by atoms with Gasteiger partial charge in [0.2, 0.25) is 5.82 Å². The number of ether oxygens (including phenoxy) is 2. The average molecular weight is 392 g/mol. The normalized spacial score (nSPS) is 16.2. The minimum absolute atomic E-state index is 0.144. The standard InChI is InChI=1S/C19H24N2O5S/c1-4-8-26-14(22)10-21-16(19(24)25-5-2)20-17-15(18(21)23)12-7-6-11(3)9-13(12)27-17/h11H,4-10H2,1-3H3/t11-/m1/s1. The summed E-state index contributed by atoms with van der Waals surface area (Å²) in [7, 11) is 0. The Kier molecular flexibility index (Phi) is 5.94. The predicted molar refractivity (Wildman–Crippen MR) is 102 cm³/mol. The molecule has 8 heteroatoms. The Labute approximate surface area is 161 Å². The van der Waals surface area contributed by atoms with Crippen LogP contribution in [-0.2, 0) is 33.7 Å². The summed E-state index contributed by atoms with van der Waals surface area (Å²) in [5, 5.41) is 0.526. The number of hydrogen-bond donors (Lipinski definition) is 0. The molecule has 0 unspecified atom stereocenters. The average Bonchev–Trinajstić information content (AvgIpc) is 2.99. The fourth-order valence-electron chi connectivity index (χ4n) is 3.31. The molecule has 0 aromatic carbocycles. The molecule has 2 heterocycles. The molecule has 0 N–H and O–H groups in total. The predicted octanol–water partition coefficient (Wildman–Crippen LogP) is 2.71. The molecule has 2 aromatic heterocycles. The van der Waals surface area contributed by atoms with Crippen LogP contribution in [0.3, 0.4) is 0 Å². The Hall–Kier alpha value is -2.22. The number of esters is 2. The van der Waals surface area contributed by atoms with Crippen LogP contribution in [-0.4, -0.2) is 34.7 Å². The quantitative estimate of drug-likeness (QED) is 0.703. The first kappa shape index (κ1) is 19.5. The zero-order valence-corrected chi connectivity index (χ0v) is 16.7. The summed E-state index contributed by atoms with van der Waals surface area (Å²) in [4.78, 5) is 43.8. The summed E-state index contributed by atoms with van der Waals surface area (Å²) in [6, 6.07) is 0. The van der Waals surface area contributed by atoms with E-state index in [4.69, 9.17) is 9.47 Å². The molecule has 0 fully saturated rings. The van der Waals surface area contributed by atoms with Gasteiger partial charge in [-0.15, -0.1) is 11.3 Å². The van der Waals surface area contributed by atoms with E-state index in [1.165, 1.54) is 11.3 Å². The topological polar surface area (TPSA) is 87.5 Å². The van der Waals surface area contributed by atoms with Crippen LogP contribution in [0.1, 0.15) is 54.7 Å². The zero-order valence-electron chi connectivity index (χ0n) is 15.9. The van der Waals surface area contributed by atoms with Gasteiger partial charge in [0, 0.05) is 4.88 Å². The fraction of sp³-hybridized carbons (Fsp3) is 0.579. The zero-order chi connectivity index (χ0) is 19.6. The van der Waals surface area contributed by atoms with E-state index in [2.05, 4.69) is 11.9 Å². The molecule has 146 valence electrons. The van der Waals surface area contributed by atoms with E-state index < -0.39 is 11.9 Å². The van der Waals surface area contributed by atoms with Crippen LogP contribution in [0.15, 0.2) is 4.79 Å². The van der Waals surface area contributed by atoms with Crippen LogP contribution in [0.25, 0.3) is 10.2 Å². The van der Waals surface area contributed by atoms with Gasteiger partial charge in [-0.1, -0.05) is 13.8 Å². The van der Waals surface area contributed by atoms with Crippen molar-refractivity contribution in [3.63, 3.8) is 0 Å². The maximum Gasteiger partial charge on any atom is 0.374 e. The SMILES string of the molecule is CCCOC(=O)Cn1c(C(=O)OCC)nc2sc3c(c2c1=O)CC[C@@H](C)C3. The number of aromatic nitrogens is 2. The van der Waals surface area contributed by atoms with Gasteiger partial charge in [-0.3, -0.25) is 14.2 Å². The molecule has 0 aliphatic heterocycles. The number of carbonyl (C=O) groups excluding carboxylic acids is 2. The molecular weight excluding hydrogens is 368 g/mol. The van der Waals surface area contributed by atoms with Crippen molar-refractivity contribution in [3.05, 3.63) is 26.6 Å². The number of carbonyl (C=O) groups is 2. The summed E-state index contributed by atoms with van der Waals surface area (Å²) < 4.78 is 11.2. The van der Waals surface area contributed by atoms with Gasteiger partial charge in [0.1, 0.15) is 11.4 Å². The fourth-order valence-corrected chi connectivity index (χ4v) is 4.69. The minimum atomic E-state index is -0.709. The lowest BCUT2D eigenvalue weighted by Crippen LogP contribution is -2.32. The van der Waals surface area contributed by atoms with Gasteiger partial charge in [0.05, 0.1) is 18.6 Å². The third kappa shape index (κ3) is 3.90. The Morgan fingerprint density at radius 1 is 1.30 bits per heavy atom. The number of fused-ring (bicyclic) bond motifs is 3. The van der Waals surface area contributed by atoms with Crippen LogP contribution in [0, 0.1) is 5.92 Å². The number of nitrogens with zero attached hydrogens (tertiary/aromatic N) is 2. The summed E-state index contributed by atoms with van der Waals surface area (Å²) >= 11 is 1.46. The molecule has 0 bridgehead atoms. The molecule has 0 spiro atoms. The van der Waals surface area contributed by atoms with E-state index in [0.29, 0.717) is 22.6 Å². The number of thiophene rings is 1. The van der Waals surface area contributed by atoms with Gasteiger partial charge >= 0.3 is 11.9 Å². The van der Waals surface area contributed by atoms with Crippen LogP contribution >= 0.6 is 11.3 Å². The molecule has 1 aliphatic carbocycles. The van der Waals surface area contributed by atoms with Crippen molar-refractivity contribution in [2.75, 3.05) is 13.2 Å². The van der Waals surface area contributed by atoms with Crippen LogP contribution in [0.2, 0.25) is 0 Å². The monoisotopic (exact) mass is 392 g/mol. The highest BCUT2D eigenvalue weighted by molar-refractivity contribution is 7.18. The molecule has 3 rings (SSSR count). The van der Waals surface area contributed by atoms with E-state index in [9.17, 15) is 14.4 Å².